The van der Waals surface area contributed by atoms with E-state index in [4.69, 9.17) is 0 Å². The molecule has 6 rings (SSSR count). The standard InChI is InChI=1S/C32H34FN3O3S/c1-32(2,3)21-10-8-20(9-11-21)30(38)34-17-23-24(18-34)25(23)19-36(31(39)28-6-5-15-40-28)22-12-13-27(26(33)16-22)35-14-4-7-29(35)37/h5-6,8-13,15-16,23-25H,4,7,14,17-19H2,1-3H3. The second kappa shape index (κ2) is 10.1. The van der Waals surface area contributed by atoms with Crippen molar-refractivity contribution in [2.24, 2.45) is 17.8 Å². The summed E-state index contributed by atoms with van der Waals surface area (Å²) < 4.78 is 15.2. The van der Waals surface area contributed by atoms with Crippen LogP contribution in [0.3, 0.4) is 0 Å². The van der Waals surface area contributed by atoms with Crippen LogP contribution >= 0.6 is 11.3 Å². The molecule has 3 amide bonds. The predicted molar refractivity (Wildman–Crippen MR) is 155 cm³/mol. The van der Waals surface area contributed by atoms with E-state index < -0.39 is 5.82 Å². The molecular formula is C32H34FN3O3S. The Labute approximate surface area is 238 Å². The highest BCUT2D eigenvalue weighted by Gasteiger charge is 2.57. The fourth-order valence-corrected chi connectivity index (χ4v) is 6.89. The van der Waals surface area contributed by atoms with Gasteiger partial charge >= 0.3 is 0 Å². The number of hydrogen-bond donors (Lipinski definition) is 0. The Hall–Kier alpha value is -3.52. The molecule has 6 nitrogen and oxygen atoms in total. The molecule has 1 aromatic heterocycles. The number of piperidine rings is 1. The van der Waals surface area contributed by atoms with Crippen LogP contribution in [0, 0.1) is 23.6 Å². The van der Waals surface area contributed by atoms with Crippen LogP contribution in [-0.2, 0) is 10.2 Å². The predicted octanol–water partition coefficient (Wildman–Crippen LogP) is 5.98. The van der Waals surface area contributed by atoms with Crippen LogP contribution in [0.15, 0.2) is 60.0 Å². The molecule has 3 aromatic rings. The average Bonchev–Trinajstić information content (AvgIpc) is 3.45. The molecule has 8 heteroatoms. The molecule has 3 aliphatic rings. The van der Waals surface area contributed by atoms with Crippen LogP contribution in [0.1, 0.15) is 59.2 Å². The van der Waals surface area contributed by atoms with Crippen molar-refractivity contribution in [1.29, 1.82) is 0 Å². The maximum atomic E-state index is 15.2. The number of nitrogens with zero attached hydrogens (tertiary/aromatic N) is 3. The van der Waals surface area contributed by atoms with Gasteiger partial charge in [-0.25, -0.2) is 4.39 Å². The number of fused-ring (bicyclic) bond motifs is 1. The lowest BCUT2D eigenvalue weighted by molar-refractivity contribution is -0.117. The molecule has 0 radical (unpaired) electrons. The van der Waals surface area contributed by atoms with E-state index >= 15 is 4.39 Å². The van der Waals surface area contributed by atoms with Gasteiger partial charge in [-0.3, -0.25) is 14.4 Å². The SMILES string of the molecule is CC(C)(C)c1ccc(C(=O)N2CC3C(C2)C3CN(C(=O)c2cccs2)c2ccc(N3CCCC3=O)c(F)c2)cc1. The maximum absolute atomic E-state index is 15.2. The number of benzene rings is 2. The normalized spacial score (nSPS) is 22.0. The molecule has 2 unspecified atom stereocenters. The number of hydrogen-bond acceptors (Lipinski definition) is 4. The first-order chi connectivity index (χ1) is 19.1. The van der Waals surface area contributed by atoms with Gasteiger partial charge in [-0.05, 0) is 76.9 Å². The van der Waals surface area contributed by atoms with Crippen molar-refractivity contribution in [3.05, 3.63) is 81.8 Å². The van der Waals surface area contributed by atoms with Crippen molar-refractivity contribution in [1.82, 2.24) is 4.90 Å². The van der Waals surface area contributed by atoms with Crippen molar-refractivity contribution in [2.45, 2.75) is 39.0 Å². The summed E-state index contributed by atoms with van der Waals surface area (Å²) in [4.78, 5) is 44.6. The average molecular weight is 560 g/mol. The number of carbonyl (C=O) groups excluding carboxylic acids is 3. The van der Waals surface area contributed by atoms with Crippen molar-refractivity contribution in [3.8, 4) is 0 Å². The van der Waals surface area contributed by atoms with E-state index in [0.29, 0.717) is 60.6 Å². The second-order valence-electron chi connectivity index (χ2n) is 12.2. The number of carbonyl (C=O) groups is 3. The van der Waals surface area contributed by atoms with E-state index in [1.54, 1.807) is 23.1 Å². The molecule has 0 spiro atoms. The minimum Gasteiger partial charge on any atom is -0.338 e. The summed E-state index contributed by atoms with van der Waals surface area (Å²) in [5.41, 5.74) is 2.68. The Bertz CT molecular complexity index is 1440. The molecular weight excluding hydrogens is 525 g/mol. The smallest absolute Gasteiger partial charge is 0.268 e. The van der Waals surface area contributed by atoms with Gasteiger partial charge in [-0.1, -0.05) is 39.0 Å². The van der Waals surface area contributed by atoms with Crippen LogP contribution in [0.2, 0.25) is 0 Å². The number of amides is 3. The summed E-state index contributed by atoms with van der Waals surface area (Å²) in [7, 11) is 0. The molecule has 0 bridgehead atoms. The van der Waals surface area contributed by atoms with Crippen molar-refractivity contribution in [2.75, 3.05) is 36.0 Å². The second-order valence-corrected chi connectivity index (χ2v) is 13.2. The molecule has 2 saturated heterocycles. The van der Waals surface area contributed by atoms with Gasteiger partial charge in [0.25, 0.3) is 11.8 Å². The van der Waals surface area contributed by atoms with Gasteiger partial charge in [-0.2, -0.15) is 0 Å². The van der Waals surface area contributed by atoms with E-state index in [1.165, 1.54) is 27.9 Å². The van der Waals surface area contributed by atoms with Gasteiger partial charge in [0.05, 0.1) is 10.6 Å². The van der Waals surface area contributed by atoms with Crippen LogP contribution in [0.25, 0.3) is 0 Å². The van der Waals surface area contributed by atoms with Crippen LogP contribution in [-0.4, -0.2) is 48.8 Å². The summed E-state index contributed by atoms with van der Waals surface area (Å²) in [5.74, 6) is 0.211. The molecule has 2 aromatic carbocycles. The third-order valence-corrected chi connectivity index (χ3v) is 9.49. The Kier molecular flexibility index (Phi) is 6.77. The van der Waals surface area contributed by atoms with Crippen LogP contribution in [0.5, 0.6) is 0 Å². The monoisotopic (exact) mass is 559 g/mol. The summed E-state index contributed by atoms with van der Waals surface area (Å²) in [6, 6.07) is 16.2. The van der Waals surface area contributed by atoms with Crippen LogP contribution in [0.4, 0.5) is 15.8 Å². The minimum atomic E-state index is -0.498. The third-order valence-electron chi connectivity index (χ3n) is 8.63. The van der Waals surface area contributed by atoms with Crippen LogP contribution < -0.4 is 9.80 Å². The molecule has 2 atom stereocenters. The number of rotatable bonds is 6. The highest BCUT2D eigenvalue weighted by molar-refractivity contribution is 7.12. The number of thiophene rings is 1. The van der Waals surface area contributed by atoms with E-state index in [-0.39, 0.29) is 34.7 Å². The van der Waals surface area contributed by atoms with Crippen molar-refractivity contribution in [3.63, 3.8) is 0 Å². The quantitative estimate of drug-likeness (QED) is 0.374. The van der Waals surface area contributed by atoms with Crippen molar-refractivity contribution < 1.29 is 18.8 Å². The fraction of sp³-hybridized carbons (Fsp3) is 0.406. The minimum absolute atomic E-state index is 0.0331. The lowest BCUT2D eigenvalue weighted by Gasteiger charge is -2.26. The molecule has 1 aliphatic carbocycles. The number of likely N-dealkylation sites (tertiary alicyclic amines) is 1. The maximum Gasteiger partial charge on any atom is 0.268 e. The highest BCUT2D eigenvalue weighted by Crippen LogP contribution is 2.52. The first kappa shape index (κ1) is 26.7. The summed E-state index contributed by atoms with van der Waals surface area (Å²) in [6.45, 7) is 8.77. The van der Waals surface area contributed by atoms with E-state index in [1.807, 2.05) is 40.6 Å². The highest BCUT2D eigenvalue weighted by atomic mass is 32.1. The lowest BCUT2D eigenvalue weighted by atomic mass is 9.86. The Balaban J connectivity index is 1.16. The summed E-state index contributed by atoms with van der Waals surface area (Å²) >= 11 is 1.36. The van der Waals surface area contributed by atoms with E-state index in [2.05, 4.69) is 20.8 Å². The van der Waals surface area contributed by atoms with Crippen molar-refractivity contribution >= 4 is 40.4 Å². The third kappa shape index (κ3) is 4.94. The Morgan fingerprint density at radius 1 is 1.05 bits per heavy atom. The van der Waals surface area contributed by atoms with E-state index in [0.717, 1.165) is 6.42 Å². The molecule has 3 heterocycles. The molecule has 40 heavy (non-hydrogen) atoms. The number of halogens is 1. The molecule has 1 saturated carbocycles. The Morgan fingerprint density at radius 3 is 2.35 bits per heavy atom. The first-order valence-electron chi connectivity index (χ1n) is 14.0. The fourth-order valence-electron chi connectivity index (χ4n) is 6.22. The summed E-state index contributed by atoms with van der Waals surface area (Å²) in [5, 5.41) is 1.86. The van der Waals surface area contributed by atoms with Gasteiger partial charge in [-0.15, -0.1) is 11.3 Å². The largest absolute Gasteiger partial charge is 0.338 e. The van der Waals surface area contributed by atoms with Gasteiger partial charge in [0, 0.05) is 43.9 Å². The lowest BCUT2D eigenvalue weighted by Crippen LogP contribution is -2.36. The zero-order chi connectivity index (χ0) is 28.2. The van der Waals surface area contributed by atoms with Gasteiger partial charge in [0.15, 0.2) is 0 Å². The zero-order valence-corrected chi connectivity index (χ0v) is 23.9. The molecule has 0 N–H and O–H groups in total. The van der Waals surface area contributed by atoms with E-state index in [9.17, 15) is 14.4 Å². The number of anilines is 2. The molecule has 2 aliphatic heterocycles. The molecule has 208 valence electrons. The summed E-state index contributed by atoms with van der Waals surface area (Å²) in [6.07, 6.45) is 1.14. The molecule has 3 fully saturated rings. The topological polar surface area (TPSA) is 60.9 Å². The van der Waals surface area contributed by atoms with Gasteiger partial charge in [0.1, 0.15) is 5.82 Å². The first-order valence-corrected chi connectivity index (χ1v) is 14.8. The van der Waals surface area contributed by atoms with Gasteiger partial charge in [0.2, 0.25) is 5.91 Å². The zero-order valence-electron chi connectivity index (χ0n) is 23.1. The Morgan fingerprint density at radius 2 is 1.77 bits per heavy atom. The van der Waals surface area contributed by atoms with Gasteiger partial charge < -0.3 is 14.7 Å².